The predicted octanol–water partition coefficient (Wildman–Crippen LogP) is 1.67. The Morgan fingerprint density at radius 2 is 2.39 bits per heavy atom. The lowest BCUT2D eigenvalue weighted by Gasteiger charge is -2.26. The maximum atomic E-state index is 5.81. The van der Waals surface area contributed by atoms with Gasteiger partial charge in [0.15, 0.2) is 0 Å². The number of nitrogens with one attached hydrogen (secondary N) is 1. The summed E-state index contributed by atoms with van der Waals surface area (Å²) in [6.45, 7) is 5.17. The zero-order chi connectivity index (χ0) is 13.1. The van der Waals surface area contributed by atoms with Gasteiger partial charge in [-0.1, -0.05) is 6.92 Å². The highest BCUT2D eigenvalue weighted by Crippen LogP contribution is 2.28. The number of nitrogens with zero attached hydrogens (tertiary/aromatic N) is 2. The highest BCUT2D eigenvalue weighted by molar-refractivity contribution is 5.11. The van der Waals surface area contributed by atoms with E-state index in [1.807, 2.05) is 18.7 Å². The van der Waals surface area contributed by atoms with Gasteiger partial charge in [0.2, 0.25) is 0 Å². The third-order valence-corrected chi connectivity index (χ3v) is 4.08. The molecule has 4 heteroatoms. The molecule has 1 N–H and O–H groups in total. The fourth-order valence-electron chi connectivity index (χ4n) is 3.09. The monoisotopic (exact) mass is 251 g/mol. The van der Waals surface area contributed by atoms with Gasteiger partial charge in [0.05, 0.1) is 11.8 Å². The topological polar surface area (TPSA) is 39.1 Å². The number of likely N-dealkylation sites (N-methyl/N-ethyl adjacent to an activating group) is 1. The Bertz CT molecular complexity index is 388. The third-order valence-electron chi connectivity index (χ3n) is 4.08. The molecular formula is C14H25N3O. The number of ether oxygens (including phenoxy) is 1. The molecule has 3 unspecified atom stereocenters. The number of aromatic nitrogens is 2. The summed E-state index contributed by atoms with van der Waals surface area (Å²) in [6, 6.07) is 2.66. The molecule has 0 aromatic carbocycles. The van der Waals surface area contributed by atoms with E-state index in [1.54, 1.807) is 0 Å². The van der Waals surface area contributed by atoms with Crippen LogP contribution in [0, 0.1) is 12.8 Å². The van der Waals surface area contributed by atoms with E-state index in [-0.39, 0.29) is 0 Å². The van der Waals surface area contributed by atoms with Crippen molar-refractivity contribution in [3.05, 3.63) is 17.5 Å². The first kappa shape index (κ1) is 13.6. The molecule has 1 aliphatic rings. The summed E-state index contributed by atoms with van der Waals surface area (Å²) in [5.74, 6) is 0.621. The van der Waals surface area contributed by atoms with Crippen LogP contribution in [0.25, 0.3) is 0 Å². The normalized spacial score (nSPS) is 25.6. The van der Waals surface area contributed by atoms with Gasteiger partial charge < -0.3 is 10.1 Å². The molecule has 0 spiro atoms. The van der Waals surface area contributed by atoms with Crippen LogP contribution in [0.4, 0.5) is 0 Å². The van der Waals surface area contributed by atoms with Gasteiger partial charge in [0.25, 0.3) is 0 Å². The van der Waals surface area contributed by atoms with Gasteiger partial charge in [-0.05, 0) is 32.9 Å². The van der Waals surface area contributed by atoms with E-state index in [9.17, 15) is 0 Å². The Hall–Kier alpha value is -0.870. The third kappa shape index (κ3) is 2.75. The van der Waals surface area contributed by atoms with Crippen LogP contribution >= 0.6 is 0 Å². The van der Waals surface area contributed by atoms with Crippen molar-refractivity contribution in [3.63, 3.8) is 0 Å². The first-order chi connectivity index (χ1) is 8.65. The van der Waals surface area contributed by atoms with E-state index in [2.05, 4.69) is 30.5 Å². The van der Waals surface area contributed by atoms with Crippen molar-refractivity contribution in [1.82, 2.24) is 15.1 Å². The van der Waals surface area contributed by atoms with Gasteiger partial charge >= 0.3 is 0 Å². The number of rotatable bonds is 5. The summed E-state index contributed by atoms with van der Waals surface area (Å²) in [4.78, 5) is 0. The maximum Gasteiger partial charge on any atom is 0.0616 e. The minimum Gasteiger partial charge on any atom is -0.378 e. The molecule has 1 aromatic rings. The van der Waals surface area contributed by atoms with Crippen LogP contribution in [0.1, 0.15) is 31.2 Å². The molecule has 0 bridgehead atoms. The van der Waals surface area contributed by atoms with Gasteiger partial charge in [-0.2, -0.15) is 5.10 Å². The second-order valence-corrected chi connectivity index (χ2v) is 5.27. The van der Waals surface area contributed by atoms with Crippen LogP contribution in [-0.4, -0.2) is 35.6 Å². The SMILES string of the molecule is CCC1OCCC1C(Cc1cc(C)nn1C)NC. The lowest BCUT2D eigenvalue weighted by Crippen LogP contribution is -2.39. The zero-order valence-corrected chi connectivity index (χ0v) is 11.9. The average Bonchev–Trinajstić information content (AvgIpc) is 2.92. The molecule has 0 amide bonds. The van der Waals surface area contributed by atoms with Gasteiger partial charge in [-0.15, -0.1) is 0 Å². The predicted molar refractivity (Wildman–Crippen MR) is 72.6 cm³/mol. The maximum absolute atomic E-state index is 5.81. The molecule has 102 valence electrons. The quantitative estimate of drug-likeness (QED) is 0.865. The summed E-state index contributed by atoms with van der Waals surface area (Å²) < 4.78 is 7.80. The first-order valence-electron chi connectivity index (χ1n) is 6.94. The van der Waals surface area contributed by atoms with Crippen molar-refractivity contribution >= 4 is 0 Å². The van der Waals surface area contributed by atoms with E-state index in [4.69, 9.17) is 4.74 Å². The van der Waals surface area contributed by atoms with Gasteiger partial charge in [0, 0.05) is 37.7 Å². The van der Waals surface area contributed by atoms with E-state index < -0.39 is 0 Å². The Kier molecular flexibility index (Phi) is 4.40. The van der Waals surface area contributed by atoms with Crippen molar-refractivity contribution in [2.45, 2.75) is 45.3 Å². The Morgan fingerprint density at radius 3 is 2.94 bits per heavy atom. The lowest BCUT2D eigenvalue weighted by molar-refractivity contribution is 0.0781. The van der Waals surface area contributed by atoms with Crippen molar-refractivity contribution in [1.29, 1.82) is 0 Å². The first-order valence-corrected chi connectivity index (χ1v) is 6.94. The number of hydrogen-bond donors (Lipinski definition) is 1. The molecule has 1 aliphatic heterocycles. The molecule has 18 heavy (non-hydrogen) atoms. The minimum absolute atomic E-state index is 0.414. The molecular weight excluding hydrogens is 226 g/mol. The van der Waals surface area contributed by atoms with Crippen LogP contribution in [0.15, 0.2) is 6.07 Å². The molecule has 0 saturated carbocycles. The summed E-state index contributed by atoms with van der Waals surface area (Å²) in [5.41, 5.74) is 2.39. The van der Waals surface area contributed by atoms with Crippen molar-refractivity contribution in [2.75, 3.05) is 13.7 Å². The number of hydrogen-bond acceptors (Lipinski definition) is 3. The molecule has 1 fully saturated rings. The van der Waals surface area contributed by atoms with Gasteiger partial charge in [0.1, 0.15) is 0 Å². The molecule has 0 aliphatic carbocycles. The summed E-state index contributed by atoms with van der Waals surface area (Å²) in [6.07, 6.45) is 3.71. The highest BCUT2D eigenvalue weighted by Gasteiger charge is 2.33. The van der Waals surface area contributed by atoms with Crippen LogP contribution in [-0.2, 0) is 18.2 Å². The second-order valence-electron chi connectivity index (χ2n) is 5.27. The summed E-state index contributed by atoms with van der Waals surface area (Å²) in [5, 5.41) is 7.89. The molecule has 2 rings (SSSR count). The largest absolute Gasteiger partial charge is 0.378 e. The lowest BCUT2D eigenvalue weighted by atomic mass is 9.88. The fourth-order valence-corrected chi connectivity index (χ4v) is 3.09. The Balaban J connectivity index is 2.07. The minimum atomic E-state index is 0.414. The van der Waals surface area contributed by atoms with E-state index in [0.717, 1.165) is 25.1 Å². The standard InChI is InChI=1S/C14H25N3O/c1-5-14-12(6-7-18-14)13(15-3)9-11-8-10(2)16-17(11)4/h8,12-15H,5-7,9H2,1-4H3. The molecule has 1 aromatic heterocycles. The number of aryl methyl sites for hydroxylation is 2. The van der Waals surface area contributed by atoms with Crippen LogP contribution in [0.3, 0.4) is 0 Å². The Labute approximate surface area is 110 Å². The fraction of sp³-hybridized carbons (Fsp3) is 0.786. The molecule has 1 saturated heterocycles. The van der Waals surface area contributed by atoms with Gasteiger partial charge in [-0.3, -0.25) is 4.68 Å². The van der Waals surface area contributed by atoms with E-state index >= 15 is 0 Å². The molecule has 3 atom stereocenters. The second kappa shape index (κ2) is 5.85. The van der Waals surface area contributed by atoms with E-state index in [0.29, 0.717) is 18.1 Å². The smallest absolute Gasteiger partial charge is 0.0616 e. The van der Waals surface area contributed by atoms with Crippen molar-refractivity contribution in [3.8, 4) is 0 Å². The zero-order valence-electron chi connectivity index (χ0n) is 11.9. The summed E-state index contributed by atoms with van der Waals surface area (Å²) in [7, 11) is 4.08. The van der Waals surface area contributed by atoms with E-state index in [1.165, 1.54) is 12.1 Å². The van der Waals surface area contributed by atoms with Gasteiger partial charge in [-0.25, -0.2) is 0 Å². The highest BCUT2D eigenvalue weighted by atomic mass is 16.5. The van der Waals surface area contributed by atoms with Crippen molar-refractivity contribution < 1.29 is 4.74 Å². The summed E-state index contributed by atoms with van der Waals surface area (Å²) >= 11 is 0. The molecule has 2 heterocycles. The molecule has 0 radical (unpaired) electrons. The molecule has 4 nitrogen and oxygen atoms in total. The van der Waals surface area contributed by atoms with Crippen LogP contribution < -0.4 is 5.32 Å². The van der Waals surface area contributed by atoms with Crippen molar-refractivity contribution in [2.24, 2.45) is 13.0 Å². The van der Waals surface area contributed by atoms with Crippen LogP contribution in [0.5, 0.6) is 0 Å². The average molecular weight is 251 g/mol. The Morgan fingerprint density at radius 1 is 1.61 bits per heavy atom. The van der Waals surface area contributed by atoms with Crippen LogP contribution in [0.2, 0.25) is 0 Å².